The molecular formula is C23H24N2O4S. The lowest BCUT2D eigenvalue weighted by Gasteiger charge is -2.16. The first-order valence-electron chi connectivity index (χ1n) is 9.85. The molecule has 2 aromatic carbocycles. The molecule has 1 fully saturated rings. The molecule has 1 aliphatic rings. The van der Waals surface area contributed by atoms with Gasteiger partial charge in [0.2, 0.25) is 0 Å². The van der Waals surface area contributed by atoms with Crippen LogP contribution in [0.25, 0.3) is 0 Å². The third-order valence-corrected chi connectivity index (χ3v) is 6.73. The number of carbonyl (C=O) groups excluding carboxylic acids is 1. The topological polar surface area (TPSA) is 79.6 Å². The van der Waals surface area contributed by atoms with Crippen LogP contribution in [0.15, 0.2) is 76.0 Å². The lowest BCUT2D eigenvalue weighted by atomic mass is 10.2. The molecule has 4 rings (SSSR count). The maximum absolute atomic E-state index is 12.7. The maximum Gasteiger partial charge on any atom is 0.261 e. The molecule has 2 atom stereocenters. The Kier molecular flexibility index (Phi) is 5.39. The van der Waals surface area contributed by atoms with Crippen molar-refractivity contribution in [1.82, 2.24) is 4.90 Å². The van der Waals surface area contributed by atoms with Gasteiger partial charge in [-0.3, -0.25) is 9.52 Å². The first-order chi connectivity index (χ1) is 14.3. The van der Waals surface area contributed by atoms with Crippen LogP contribution in [-0.4, -0.2) is 26.3 Å². The molecule has 1 amide bonds. The third kappa shape index (κ3) is 4.41. The number of anilines is 1. The van der Waals surface area contributed by atoms with E-state index >= 15 is 0 Å². The molecule has 156 valence electrons. The smallest absolute Gasteiger partial charge is 0.261 e. The van der Waals surface area contributed by atoms with Gasteiger partial charge in [0.15, 0.2) is 0 Å². The molecule has 1 aromatic heterocycles. The lowest BCUT2D eigenvalue weighted by Crippen LogP contribution is -2.26. The van der Waals surface area contributed by atoms with Gasteiger partial charge in [-0.2, -0.15) is 0 Å². The van der Waals surface area contributed by atoms with Gasteiger partial charge in [-0.15, -0.1) is 0 Å². The number of nitrogens with zero attached hydrogens (tertiary/aromatic N) is 1. The normalized spacial score (nSPS) is 18.1. The molecule has 0 unspecified atom stereocenters. The first-order valence-corrected chi connectivity index (χ1v) is 11.3. The van der Waals surface area contributed by atoms with E-state index in [0.29, 0.717) is 29.6 Å². The molecule has 0 aliphatic heterocycles. The van der Waals surface area contributed by atoms with E-state index in [4.69, 9.17) is 4.42 Å². The highest BCUT2D eigenvalue weighted by Gasteiger charge is 2.36. The summed E-state index contributed by atoms with van der Waals surface area (Å²) >= 11 is 0. The Morgan fingerprint density at radius 1 is 1.07 bits per heavy atom. The highest BCUT2D eigenvalue weighted by Crippen LogP contribution is 2.47. The zero-order valence-electron chi connectivity index (χ0n) is 16.9. The number of para-hydroxylation sites is 1. The van der Waals surface area contributed by atoms with E-state index < -0.39 is 10.0 Å². The molecule has 30 heavy (non-hydrogen) atoms. The second-order valence-corrected chi connectivity index (χ2v) is 9.46. The second-order valence-electron chi connectivity index (χ2n) is 7.78. The zero-order chi connectivity index (χ0) is 21.3. The SMILES string of the molecule is C[C@@H]1C[C@@H]1c1ccc(CN(C)C(=O)c2ccc(S(=O)(=O)Nc3ccccc3)cc2)o1. The van der Waals surface area contributed by atoms with Crippen LogP contribution >= 0.6 is 0 Å². The minimum Gasteiger partial charge on any atom is -0.464 e. The van der Waals surface area contributed by atoms with Gasteiger partial charge in [-0.05, 0) is 60.9 Å². The average Bonchev–Trinajstić information content (AvgIpc) is 3.28. The van der Waals surface area contributed by atoms with Crippen molar-refractivity contribution in [3.05, 3.63) is 83.8 Å². The molecule has 1 aliphatic carbocycles. The summed E-state index contributed by atoms with van der Waals surface area (Å²) in [6.07, 6.45) is 1.15. The van der Waals surface area contributed by atoms with Crippen molar-refractivity contribution in [2.24, 2.45) is 5.92 Å². The number of hydrogen-bond donors (Lipinski definition) is 1. The van der Waals surface area contributed by atoms with E-state index in [-0.39, 0.29) is 10.8 Å². The summed E-state index contributed by atoms with van der Waals surface area (Å²) in [5, 5.41) is 0. The van der Waals surface area contributed by atoms with E-state index in [1.165, 1.54) is 24.3 Å². The highest BCUT2D eigenvalue weighted by atomic mass is 32.2. The first kappa shape index (κ1) is 20.2. The van der Waals surface area contributed by atoms with Gasteiger partial charge in [0.05, 0.1) is 11.4 Å². The van der Waals surface area contributed by atoms with Crippen LogP contribution in [0.5, 0.6) is 0 Å². The molecule has 1 heterocycles. The minimum atomic E-state index is -3.72. The van der Waals surface area contributed by atoms with E-state index in [1.807, 2.05) is 18.2 Å². The number of furan rings is 1. The van der Waals surface area contributed by atoms with Gasteiger partial charge in [0, 0.05) is 24.2 Å². The number of rotatable bonds is 7. The summed E-state index contributed by atoms with van der Waals surface area (Å²) in [5.74, 6) is 2.69. The van der Waals surface area contributed by atoms with Gasteiger partial charge in [0.25, 0.3) is 15.9 Å². The van der Waals surface area contributed by atoms with Crippen molar-refractivity contribution in [2.75, 3.05) is 11.8 Å². The number of amides is 1. The van der Waals surface area contributed by atoms with Crippen LogP contribution in [0.1, 0.15) is 41.1 Å². The molecular weight excluding hydrogens is 400 g/mol. The summed E-state index contributed by atoms with van der Waals surface area (Å²) in [6, 6.07) is 18.5. The largest absolute Gasteiger partial charge is 0.464 e. The molecule has 0 spiro atoms. The maximum atomic E-state index is 12.7. The predicted octanol–water partition coefficient (Wildman–Crippen LogP) is 4.48. The Morgan fingerprint density at radius 3 is 2.37 bits per heavy atom. The molecule has 1 saturated carbocycles. The van der Waals surface area contributed by atoms with Crippen LogP contribution < -0.4 is 4.72 Å². The molecule has 7 heteroatoms. The molecule has 0 saturated heterocycles. The van der Waals surface area contributed by atoms with E-state index in [9.17, 15) is 13.2 Å². The Bertz CT molecular complexity index is 1140. The fraction of sp³-hybridized carbons (Fsp3) is 0.261. The quantitative estimate of drug-likeness (QED) is 0.607. The Morgan fingerprint density at radius 2 is 1.73 bits per heavy atom. The Labute approximate surface area is 176 Å². The number of benzene rings is 2. The van der Waals surface area contributed by atoms with Crippen molar-refractivity contribution < 1.29 is 17.6 Å². The minimum absolute atomic E-state index is 0.0970. The number of carbonyl (C=O) groups is 1. The Balaban J connectivity index is 1.41. The molecule has 0 bridgehead atoms. The summed E-state index contributed by atoms with van der Waals surface area (Å²) in [6.45, 7) is 2.55. The number of nitrogens with one attached hydrogen (secondary N) is 1. The van der Waals surface area contributed by atoms with E-state index in [0.717, 1.165) is 17.9 Å². The summed E-state index contributed by atoms with van der Waals surface area (Å²) in [7, 11) is -2.02. The predicted molar refractivity (Wildman–Crippen MR) is 115 cm³/mol. The monoisotopic (exact) mass is 424 g/mol. The summed E-state index contributed by atoms with van der Waals surface area (Å²) in [5.41, 5.74) is 0.898. The van der Waals surface area contributed by atoms with Gasteiger partial charge in [-0.1, -0.05) is 25.1 Å². The molecule has 0 radical (unpaired) electrons. The van der Waals surface area contributed by atoms with Gasteiger partial charge in [-0.25, -0.2) is 8.42 Å². The summed E-state index contributed by atoms with van der Waals surface area (Å²) < 4.78 is 33.4. The van der Waals surface area contributed by atoms with E-state index in [1.54, 1.807) is 36.2 Å². The average molecular weight is 425 g/mol. The molecule has 1 N–H and O–H groups in total. The number of sulfonamides is 1. The molecule has 3 aromatic rings. The van der Waals surface area contributed by atoms with Crippen molar-refractivity contribution in [3.63, 3.8) is 0 Å². The van der Waals surface area contributed by atoms with Crippen molar-refractivity contribution >= 4 is 21.6 Å². The van der Waals surface area contributed by atoms with Gasteiger partial charge >= 0.3 is 0 Å². The van der Waals surface area contributed by atoms with Crippen molar-refractivity contribution in [3.8, 4) is 0 Å². The lowest BCUT2D eigenvalue weighted by molar-refractivity contribution is 0.0774. The van der Waals surface area contributed by atoms with Crippen molar-refractivity contribution in [1.29, 1.82) is 0 Å². The Hall–Kier alpha value is -3.06. The fourth-order valence-corrected chi connectivity index (χ4v) is 4.48. The number of hydrogen-bond acceptors (Lipinski definition) is 4. The van der Waals surface area contributed by atoms with Crippen LogP contribution in [0.4, 0.5) is 5.69 Å². The fourth-order valence-electron chi connectivity index (χ4n) is 3.42. The van der Waals surface area contributed by atoms with Crippen LogP contribution in [0.2, 0.25) is 0 Å². The van der Waals surface area contributed by atoms with Crippen LogP contribution in [0, 0.1) is 5.92 Å². The second kappa shape index (κ2) is 7.99. The van der Waals surface area contributed by atoms with Crippen molar-refractivity contribution in [2.45, 2.75) is 30.7 Å². The standard InChI is InChI=1S/C23H24N2O4S/c1-16-14-21(16)22-13-10-19(29-22)15-25(2)23(26)17-8-11-20(12-9-17)30(27,28)24-18-6-4-3-5-7-18/h3-13,16,21,24H,14-15H2,1-2H3/t16-,21+/m1/s1. The van der Waals surface area contributed by atoms with Gasteiger partial charge < -0.3 is 9.32 Å². The third-order valence-electron chi connectivity index (χ3n) is 5.33. The zero-order valence-corrected chi connectivity index (χ0v) is 17.7. The van der Waals surface area contributed by atoms with Gasteiger partial charge in [0.1, 0.15) is 11.5 Å². The van der Waals surface area contributed by atoms with Crippen LogP contribution in [0.3, 0.4) is 0 Å². The summed E-state index contributed by atoms with van der Waals surface area (Å²) in [4.78, 5) is 14.4. The highest BCUT2D eigenvalue weighted by molar-refractivity contribution is 7.92. The van der Waals surface area contributed by atoms with E-state index in [2.05, 4.69) is 11.6 Å². The molecule has 6 nitrogen and oxygen atoms in total. The van der Waals surface area contributed by atoms with Crippen LogP contribution in [-0.2, 0) is 16.6 Å².